The largest absolute Gasteiger partial charge is 0.396 e. The number of fused-ring (bicyclic) bond motifs is 1. The van der Waals surface area contributed by atoms with E-state index in [-0.39, 0.29) is 6.61 Å². The Labute approximate surface area is 118 Å². The third-order valence-electron chi connectivity index (χ3n) is 3.06. The second kappa shape index (κ2) is 4.89. The SMILES string of the molecule is C[Si](C)(C)c1[nH]c2cc(Cl)c(Cl)cc2c1CCO. The van der Waals surface area contributed by atoms with Crippen LogP contribution in [0.15, 0.2) is 12.1 Å². The molecule has 2 rings (SSSR count). The number of halogens is 2. The average Bonchev–Trinajstić information content (AvgIpc) is 2.58. The van der Waals surface area contributed by atoms with Crippen molar-refractivity contribution in [2.45, 2.75) is 26.1 Å². The highest BCUT2D eigenvalue weighted by Crippen LogP contribution is 2.29. The summed E-state index contributed by atoms with van der Waals surface area (Å²) in [6.07, 6.45) is 0.650. The molecule has 98 valence electrons. The van der Waals surface area contributed by atoms with Crippen LogP contribution >= 0.6 is 23.2 Å². The van der Waals surface area contributed by atoms with Crippen molar-refractivity contribution in [3.05, 3.63) is 27.7 Å². The zero-order valence-electron chi connectivity index (χ0n) is 10.8. The number of H-pyrrole nitrogens is 1. The molecule has 0 bridgehead atoms. The molecule has 2 nitrogen and oxygen atoms in total. The molecule has 0 saturated carbocycles. The lowest BCUT2D eigenvalue weighted by Crippen LogP contribution is -2.41. The van der Waals surface area contributed by atoms with E-state index in [1.54, 1.807) is 0 Å². The van der Waals surface area contributed by atoms with Crippen molar-refractivity contribution in [2.75, 3.05) is 6.61 Å². The van der Waals surface area contributed by atoms with Crippen molar-refractivity contribution in [2.24, 2.45) is 0 Å². The molecule has 0 saturated heterocycles. The molecule has 5 heteroatoms. The highest BCUT2D eigenvalue weighted by molar-refractivity contribution is 6.88. The Morgan fingerprint density at radius 2 is 1.78 bits per heavy atom. The molecule has 0 aliphatic heterocycles. The number of hydrogen-bond donors (Lipinski definition) is 2. The maximum Gasteiger partial charge on any atom is 0.0985 e. The first-order chi connectivity index (χ1) is 8.34. The minimum Gasteiger partial charge on any atom is -0.396 e. The molecule has 0 aliphatic rings. The van der Waals surface area contributed by atoms with Crippen molar-refractivity contribution in [3.8, 4) is 0 Å². The zero-order chi connectivity index (χ0) is 13.5. The van der Waals surface area contributed by atoms with Crippen LogP contribution in [0.1, 0.15) is 5.56 Å². The first kappa shape index (κ1) is 13.9. The van der Waals surface area contributed by atoms with E-state index in [1.165, 1.54) is 10.9 Å². The van der Waals surface area contributed by atoms with Crippen LogP contribution in [0, 0.1) is 0 Å². The molecule has 2 N–H and O–H groups in total. The van der Waals surface area contributed by atoms with Gasteiger partial charge in [0, 0.05) is 22.8 Å². The molecular weight excluding hydrogens is 285 g/mol. The summed E-state index contributed by atoms with van der Waals surface area (Å²) >= 11 is 12.1. The lowest BCUT2D eigenvalue weighted by atomic mass is 10.1. The van der Waals surface area contributed by atoms with E-state index >= 15 is 0 Å². The second-order valence-corrected chi connectivity index (χ2v) is 11.3. The van der Waals surface area contributed by atoms with Crippen LogP contribution in [0.5, 0.6) is 0 Å². The van der Waals surface area contributed by atoms with Gasteiger partial charge >= 0.3 is 0 Å². The Morgan fingerprint density at radius 1 is 1.17 bits per heavy atom. The fourth-order valence-electron chi connectivity index (χ4n) is 2.26. The van der Waals surface area contributed by atoms with Gasteiger partial charge in [-0.2, -0.15) is 0 Å². The Hall–Kier alpha value is -0.483. The molecule has 0 radical (unpaired) electrons. The van der Waals surface area contributed by atoms with E-state index in [4.69, 9.17) is 23.2 Å². The summed E-state index contributed by atoms with van der Waals surface area (Å²) in [4.78, 5) is 3.46. The van der Waals surface area contributed by atoms with Crippen LogP contribution in [0.3, 0.4) is 0 Å². The number of aromatic amines is 1. The third kappa shape index (κ3) is 2.45. The second-order valence-electron chi connectivity index (χ2n) is 5.51. The first-order valence-electron chi connectivity index (χ1n) is 5.95. The molecule has 1 aromatic heterocycles. The predicted molar refractivity (Wildman–Crippen MR) is 82.1 cm³/mol. The quantitative estimate of drug-likeness (QED) is 0.836. The van der Waals surface area contributed by atoms with Gasteiger partial charge in [0.05, 0.1) is 18.1 Å². The van der Waals surface area contributed by atoms with Crippen LogP contribution in [-0.2, 0) is 6.42 Å². The number of rotatable bonds is 3. The van der Waals surface area contributed by atoms with Crippen molar-refractivity contribution in [1.29, 1.82) is 0 Å². The monoisotopic (exact) mass is 301 g/mol. The number of aromatic nitrogens is 1. The summed E-state index contributed by atoms with van der Waals surface area (Å²) in [5.41, 5.74) is 2.19. The fraction of sp³-hybridized carbons (Fsp3) is 0.385. The van der Waals surface area contributed by atoms with Gasteiger partial charge in [-0.1, -0.05) is 42.8 Å². The van der Waals surface area contributed by atoms with E-state index in [2.05, 4.69) is 24.6 Å². The molecule has 0 spiro atoms. The molecule has 0 aliphatic carbocycles. The molecular formula is C13H17Cl2NOSi. The maximum absolute atomic E-state index is 9.25. The van der Waals surface area contributed by atoms with Gasteiger partial charge in [-0.05, 0) is 24.1 Å². The summed E-state index contributed by atoms with van der Waals surface area (Å²) in [7, 11) is -1.49. The van der Waals surface area contributed by atoms with Gasteiger partial charge in [-0.3, -0.25) is 0 Å². The Bertz CT molecular complexity index is 587. The molecule has 1 heterocycles. The van der Waals surface area contributed by atoms with Gasteiger partial charge in [0.2, 0.25) is 0 Å². The number of hydrogen-bond acceptors (Lipinski definition) is 1. The molecule has 2 aromatic rings. The minimum absolute atomic E-state index is 0.144. The summed E-state index contributed by atoms with van der Waals surface area (Å²) < 4.78 is 0. The van der Waals surface area contributed by atoms with Gasteiger partial charge in [0.25, 0.3) is 0 Å². The van der Waals surface area contributed by atoms with E-state index in [9.17, 15) is 5.11 Å². The molecule has 0 unspecified atom stereocenters. The third-order valence-corrected chi connectivity index (χ3v) is 5.71. The van der Waals surface area contributed by atoms with Crippen LogP contribution in [0.4, 0.5) is 0 Å². The van der Waals surface area contributed by atoms with Crippen LogP contribution in [0.25, 0.3) is 10.9 Å². The molecule has 0 atom stereocenters. The van der Waals surface area contributed by atoms with Crippen LogP contribution in [0.2, 0.25) is 29.7 Å². The fourth-order valence-corrected chi connectivity index (χ4v) is 4.26. The topological polar surface area (TPSA) is 36.0 Å². The standard InChI is InChI=1S/C13H17Cl2NOSi/c1-18(2,3)13-8(4-5-17)9-6-10(14)11(15)7-12(9)16-13/h6-7,16-17H,4-5H2,1-3H3. The molecule has 0 amide bonds. The smallest absolute Gasteiger partial charge is 0.0985 e. The van der Waals surface area contributed by atoms with Gasteiger partial charge < -0.3 is 10.1 Å². The summed E-state index contributed by atoms with van der Waals surface area (Å²) in [5, 5.41) is 12.7. The molecule has 1 aromatic carbocycles. The van der Waals surface area contributed by atoms with E-state index in [1.807, 2.05) is 12.1 Å². The van der Waals surface area contributed by atoms with Gasteiger partial charge in [-0.15, -0.1) is 0 Å². The number of nitrogens with one attached hydrogen (secondary N) is 1. The lowest BCUT2D eigenvalue weighted by Gasteiger charge is -2.16. The van der Waals surface area contributed by atoms with Crippen molar-refractivity contribution < 1.29 is 5.11 Å². The van der Waals surface area contributed by atoms with Crippen molar-refractivity contribution in [1.82, 2.24) is 4.98 Å². The summed E-state index contributed by atoms with van der Waals surface area (Å²) in [6.45, 7) is 6.98. The normalized spacial score (nSPS) is 12.3. The first-order valence-corrected chi connectivity index (χ1v) is 10.2. The average molecular weight is 302 g/mol. The van der Waals surface area contributed by atoms with Gasteiger partial charge in [0.1, 0.15) is 0 Å². The maximum atomic E-state index is 9.25. The van der Waals surface area contributed by atoms with Crippen LogP contribution in [-0.4, -0.2) is 24.8 Å². The van der Waals surface area contributed by atoms with Crippen LogP contribution < -0.4 is 5.32 Å². The number of aliphatic hydroxyl groups is 1. The summed E-state index contributed by atoms with van der Waals surface area (Å²) in [5.74, 6) is 0. The van der Waals surface area contributed by atoms with E-state index in [0.29, 0.717) is 16.5 Å². The Morgan fingerprint density at radius 3 is 2.33 bits per heavy atom. The molecule has 18 heavy (non-hydrogen) atoms. The molecule has 0 fully saturated rings. The predicted octanol–water partition coefficient (Wildman–Crippen LogP) is 3.55. The lowest BCUT2D eigenvalue weighted by molar-refractivity contribution is 0.300. The van der Waals surface area contributed by atoms with Crippen molar-refractivity contribution in [3.63, 3.8) is 0 Å². The van der Waals surface area contributed by atoms with E-state index in [0.717, 1.165) is 10.9 Å². The summed E-state index contributed by atoms with van der Waals surface area (Å²) in [6, 6.07) is 3.76. The Balaban J connectivity index is 2.75. The highest BCUT2D eigenvalue weighted by Gasteiger charge is 2.24. The highest BCUT2D eigenvalue weighted by atomic mass is 35.5. The Kier molecular flexibility index (Phi) is 3.79. The van der Waals surface area contributed by atoms with Crippen molar-refractivity contribution >= 4 is 47.5 Å². The number of aliphatic hydroxyl groups excluding tert-OH is 1. The van der Waals surface area contributed by atoms with E-state index < -0.39 is 8.07 Å². The zero-order valence-corrected chi connectivity index (χ0v) is 13.3. The minimum atomic E-state index is -1.49. The van der Waals surface area contributed by atoms with Gasteiger partial charge in [-0.25, -0.2) is 0 Å². The number of benzene rings is 1. The van der Waals surface area contributed by atoms with Gasteiger partial charge in [0.15, 0.2) is 0 Å².